The van der Waals surface area contributed by atoms with Crippen molar-refractivity contribution in [3.05, 3.63) is 0 Å². The average molecular weight is 225 g/mol. The van der Waals surface area contributed by atoms with Crippen LogP contribution in [0.4, 0.5) is 0 Å². The van der Waals surface area contributed by atoms with E-state index in [4.69, 9.17) is 11.5 Å². The van der Waals surface area contributed by atoms with Crippen LogP contribution in [0.2, 0.25) is 0 Å². The Labute approximate surface area is 97.3 Å². The lowest BCUT2D eigenvalue weighted by Crippen LogP contribution is -2.43. The fourth-order valence-electron chi connectivity index (χ4n) is 3.07. The zero-order valence-corrected chi connectivity index (χ0v) is 10.1. The molecule has 0 aromatic carbocycles. The Bertz CT molecular complexity index is 269. The maximum absolute atomic E-state index is 11.8. The van der Waals surface area contributed by atoms with Gasteiger partial charge in [-0.3, -0.25) is 4.79 Å². The zero-order chi connectivity index (χ0) is 11.8. The van der Waals surface area contributed by atoms with Crippen LogP contribution < -0.4 is 11.5 Å². The Morgan fingerprint density at radius 1 is 1.38 bits per heavy atom. The van der Waals surface area contributed by atoms with Crippen molar-refractivity contribution in [2.24, 2.45) is 16.9 Å². The van der Waals surface area contributed by atoms with Gasteiger partial charge in [-0.05, 0) is 44.4 Å². The number of amides is 1. The van der Waals surface area contributed by atoms with Crippen LogP contribution in [-0.4, -0.2) is 36.0 Å². The van der Waals surface area contributed by atoms with Crippen LogP contribution in [0.15, 0.2) is 0 Å². The molecule has 1 atom stereocenters. The van der Waals surface area contributed by atoms with Gasteiger partial charge in [-0.2, -0.15) is 0 Å². The first-order chi connectivity index (χ1) is 7.52. The van der Waals surface area contributed by atoms with Crippen molar-refractivity contribution >= 4 is 5.91 Å². The molecular weight excluding hydrogens is 202 g/mol. The molecule has 1 amide bonds. The first-order valence-corrected chi connectivity index (χ1v) is 6.32. The maximum atomic E-state index is 11.8. The number of rotatable bonds is 1. The Kier molecular flexibility index (Phi) is 3.22. The molecule has 4 nitrogen and oxygen atoms in total. The molecule has 0 aromatic rings. The van der Waals surface area contributed by atoms with Gasteiger partial charge in [-0.1, -0.05) is 0 Å². The van der Waals surface area contributed by atoms with Gasteiger partial charge in [0.15, 0.2) is 0 Å². The first kappa shape index (κ1) is 11.9. The molecule has 0 unspecified atom stereocenters. The molecule has 1 heterocycles. The van der Waals surface area contributed by atoms with Gasteiger partial charge in [-0.15, -0.1) is 0 Å². The van der Waals surface area contributed by atoms with Gasteiger partial charge in [0.25, 0.3) is 0 Å². The Hall–Kier alpha value is -0.610. The standard InChI is InChI=1S/C12H23N3O/c1-9(13)11(16)15-7-6-12(8-15)4-2-10(14)3-5-12/h9-10H,2-8,13-14H2,1H3/t9-,10?,12?/m0/s1. The Morgan fingerprint density at radius 2 is 2.00 bits per heavy atom. The third-order valence-electron chi connectivity index (χ3n) is 4.23. The molecule has 0 radical (unpaired) electrons. The van der Waals surface area contributed by atoms with E-state index in [0.717, 1.165) is 32.4 Å². The van der Waals surface area contributed by atoms with E-state index < -0.39 is 0 Å². The van der Waals surface area contributed by atoms with Crippen LogP contribution in [-0.2, 0) is 4.79 Å². The highest BCUT2D eigenvalue weighted by Crippen LogP contribution is 2.43. The van der Waals surface area contributed by atoms with Crippen molar-refractivity contribution in [3.63, 3.8) is 0 Å². The van der Waals surface area contributed by atoms with E-state index in [1.807, 2.05) is 4.90 Å². The number of hydrogen-bond acceptors (Lipinski definition) is 3. The van der Waals surface area contributed by atoms with Crippen LogP contribution in [0.3, 0.4) is 0 Å². The lowest BCUT2D eigenvalue weighted by molar-refractivity contribution is -0.131. The number of carbonyl (C=O) groups is 1. The van der Waals surface area contributed by atoms with Crippen LogP contribution in [0.5, 0.6) is 0 Å². The topological polar surface area (TPSA) is 72.4 Å². The van der Waals surface area contributed by atoms with Crippen molar-refractivity contribution in [2.75, 3.05) is 13.1 Å². The highest BCUT2D eigenvalue weighted by Gasteiger charge is 2.42. The second kappa shape index (κ2) is 4.34. The normalized spacial score (nSPS) is 36.7. The minimum absolute atomic E-state index is 0.103. The van der Waals surface area contributed by atoms with E-state index in [2.05, 4.69) is 0 Å². The summed E-state index contributed by atoms with van der Waals surface area (Å²) in [6.45, 7) is 3.56. The Balaban J connectivity index is 1.94. The molecule has 1 spiro atoms. The SMILES string of the molecule is C[C@H](N)C(=O)N1CCC2(CCC(N)CC2)C1. The fourth-order valence-corrected chi connectivity index (χ4v) is 3.07. The number of likely N-dealkylation sites (tertiary alicyclic amines) is 1. The largest absolute Gasteiger partial charge is 0.341 e. The molecule has 1 saturated carbocycles. The molecule has 2 rings (SSSR count). The minimum atomic E-state index is -0.360. The van der Waals surface area contributed by atoms with Crippen LogP contribution >= 0.6 is 0 Å². The van der Waals surface area contributed by atoms with Crippen molar-refractivity contribution in [3.8, 4) is 0 Å². The molecule has 2 aliphatic rings. The van der Waals surface area contributed by atoms with E-state index in [0.29, 0.717) is 11.5 Å². The number of nitrogens with zero attached hydrogens (tertiary/aromatic N) is 1. The molecule has 1 aliphatic heterocycles. The van der Waals surface area contributed by atoms with E-state index in [9.17, 15) is 4.79 Å². The monoisotopic (exact) mass is 225 g/mol. The first-order valence-electron chi connectivity index (χ1n) is 6.32. The maximum Gasteiger partial charge on any atom is 0.239 e. The molecule has 1 aliphatic carbocycles. The van der Waals surface area contributed by atoms with Gasteiger partial charge in [0.1, 0.15) is 0 Å². The Morgan fingerprint density at radius 3 is 2.56 bits per heavy atom. The quantitative estimate of drug-likeness (QED) is 0.680. The second-order valence-electron chi connectivity index (χ2n) is 5.64. The van der Waals surface area contributed by atoms with Gasteiger partial charge < -0.3 is 16.4 Å². The van der Waals surface area contributed by atoms with E-state index in [1.165, 1.54) is 12.8 Å². The summed E-state index contributed by atoms with van der Waals surface area (Å²) in [5, 5.41) is 0. The summed E-state index contributed by atoms with van der Waals surface area (Å²) in [7, 11) is 0. The second-order valence-corrected chi connectivity index (χ2v) is 5.64. The summed E-state index contributed by atoms with van der Waals surface area (Å²) >= 11 is 0. The summed E-state index contributed by atoms with van der Waals surface area (Å²) in [4.78, 5) is 13.8. The van der Waals surface area contributed by atoms with Gasteiger partial charge >= 0.3 is 0 Å². The third-order valence-corrected chi connectivity index (χ3v) is 4.23. The number of carbonyl (C=O) groups excluding carboxylic acids is 1. The van der Waals surface area contributed by atoms with E-state index in [1.54, 1.807) is 6.92 Å². The molecular formula is C12H23N3O. The lowest BCUT2D eigenvalue weighted by Gasteiger charge is -2.36. The average Bonchev–Trinajstić information content (AvgIpc) is 2.66. The molecule has 4 N–H and O–H groups in total. The summed E-state index contributed by atoms with van der Waals surface area (Å²) in [5.74, 6) is 0.103. The van der Waals surface area contributed by atoms with Crippen molar-refractivity contribution in [1.29, 1.82) is 0 Å². The smallest absolute Gasteiger partial charge is 0.239 e. The summed E-state index contributed by atoms with van der Waals surface area (Å²) in [6, 6.07) is 0.0183. The minimum Gasteiger partial charge on any atom is -0.341 e. The van der Waals surface area contributed by atoms with Crippen LogP contribution in [0, 0.1) is 5.41 Å². The molecule has 2 fully saturated rings. The molecule has 0 bridgehead atoms. The molecule has 1 saturated heterocycles. The highest BCUT2D eigenvalue weighted by molar-refractivity contribution is 5.81. The van der Waals surface area contributed by atoms with Gasteiger partial charge in [0.2, 0.25) is 5.91 Å². The van der Waals surface area contributed by atoms with Gasteiger partial charge in [-0.25, -0.2) is 0 Å². The van der Waals surface area contributed by atoms with Gasteiger partial charge in [0, 0.05) is 19.1 Å². The predicted molar refractivity (Wildman–Crippen MR) is 63.7 cm³/mol. The fraction of sp³-hybridized carbons (Fsp3) is 0.917. The van der Waals surface area contributed by atoms with E-state index >= 15 is 0 Å². The summed E-state index contributed by atoms with van der Waals surface area (Å²) < 4.78 is 0. The molecule has 92 valence electrons. The van der Waals surface area contributed by atoms with Crippen LogP contribution in [0.25, 0.3) is 0 Å². The summed E-state index contributed by atoms with van der Waals surface area (Å²) in [5.41, 5.74) is 11.9. The zero-order valence-electron chi connectivity index (χ0n) is 10.1. The molecule has 0 aromatic heterocycles. The van der Waals surface area contributed by atoms with Crippen molar-refractivity contribution in [2.45, 2.75) is 51.1 Å². The van der Waals surface area contributed by atoms with Crippen molar-refractivity contribution in [1.82, 2.24) is 4.90 Å². The molecule has 16 heavy (non-hydrogen) atoms. The molecule has 4 heteroatoms. The predicted octanol–water partition coefficient (Wildman–Crippen LogP) is 0.454. The number of nitrogens with two attached hydrogens (primary N) is 2. The van der Waals surface area contributed by atoms with Crippen molar-refractivity contribution < 1.29 is 4.79 Å². The number of hydrogen-bond donors (Lipinski definition) is 2. The van der Waals surface area contributed by atoms with Crippen LogP contribution in [0.1, 0.15) is 39.0 Å². The third kappa shape index (κ3) is 2.23. The highest BCUT2D eigenvalue weighted by atomic mass is 16.2. The summed E-state index contributed by atoms with van der Waals surface area (Å²) in [6.07, 6.45) is 5.71. The van der Waals surface area contributed by atoms with Gasteiger partial charge in [0.05, 0.1) is 6.04 Å². The lowest BCUT2D eigenvalue weighted by atomic mass is 9.72. The van der Waals surface area contributed by atoms with E-state index in [-0.39, 0.29) is 11.9 Å².